The van der Waals surface area contributed by atoms with E-state index >= 15 is 0 Å². The van der Waals surface area contributed by atoms with Crippen LogP contribution < -0.4 is 14.8 Å². The van der Waals surface area contributed by atoms with E-state index in [0.29, 0.717) is 30.5 Å². The topological polar surface area (TPSA) is 73.6 Å². The molecular weight excluding hydrogens is 356 g/mol. The molecule has 1 aromatic heterocycles. The molecule has 0 saturated carbocycles. The Morgan fingerprint density at radius 1 is 1.11 bits per heavy atom. The largest absolute Gasteiger partial charge is 0.497 e. The van der Waals surface area contributed by atoms with Crippen LogP contribution >= 0.6 is 0 Å². The van der Waals surface area contributed by atoms with Crippen LogP contribution in [0.4, 0.5) is 0 Å². The third kappa shape index (κ3) is 5.13. The molecule has 0 unspecified atom stereocenters. The van der Waals surface area contributed by atoms with Gasteiger partial charge in [-0.15, -0.1) is 0 Å². The number of rotatable bonds is 8. The van der Waals surface area contributed by atoms with Gasteiger partial charge in [-0.25, -0.2) is 4.98 Å². The number of aryl methyl sites for hydroxylation is 2. The number of carbonyl (C=O) groups is 1. The molecule has 28 heavy (non-hydrogen) atoms. The zero-order valence-electron chi connectivity index (χ0n) is 16.3. The number of methoxy groups -OCH3 is 1. The number of amides is 1. The number of hydrogen-bond donors (Lipinski definition) is 1. The Balaban J connectivity index is 1.48. The summed E-state index contributed by atoms with van der Waals surface area (Å²) in [6.07, 6.45) is 0.170. The van der Waals surface area contributed by atoms with Crippen LogP contribution in [0.1, 0.15) is 17.0 Å². The molecule has 2 aromatic carbocycles. The number of ether oxygens (including phenoxy) is 2. The normalized spacial score (nSPS) is 10.5. The highest BCUT2D eigenvalue weighted by molar-refractivity contribution is 5.78. The second-order valence-electron chi connectivity index (χ2n) is 6.44. The summed E-state index contributed by atoms with van der Waals surface area (Å²) in [7, 11) is 1.62. The van der Waals surface area contributed by atoms with E-state index in [1.54, 1.807) is 7.11 Å². The molecule has 6 heteroatoms. The summed E-state index contributed by atoms with van der Waals surface area (Å²) in [5.41, 5.74) is 2.68. The van der Waals surface area contributed by atoms with E-state index in [4.69, 9.17) is 13.9 Å². The highest BCUT2D eigenvalue weighted by Gasteiger charge is 2.14. The first kappa shape index (κ1) is 19.5. The number of carbonyl (C=O) groups excluding carboxylic acids is 1. The molecule has 0 radical (unpaired) electrons. The zero-order chi connectivity index (χ0) is 19.9. The summed E-state index contributed by atoms with van der Waals surface area (Å²) < 4.78 is 16.4. The molecule has 0 atom stereocenters. The molecule has 0 fully saturated rings. The van der Waals surface area contributed by atoms with Gasteiger partial charge in [0.05, 0.1) is 25.8 Å². The standard InChI is InChI=1S/C22H24N2O4/c1-15-5-4-6-17(13-15)22-24-20(16(2)28-22)14-21(25)23-11-12-27-19-9-7-18(26-3)8-10-19/h4-10,13H,11-12,14H2,1-3H3,(H,23,25). The van der Waals surface area contributed by atoms with Crippen LogP contribution in [0, 0.1) is 13.8 Å². The lowest BCUT2D eigenvalue weighted by molar-refractivity contribution is -0.120. The van der Waals surface area contributed by atoms with Gasteiger partial charge in [0.2, 0.25) is 11.8 Å². The van der Waals surface area contributed by atoms with Crippen LogP contribution in [0.2, 0.25) is 0 Å². The van der Waals surface area contributed by atoms with Crippen LogP contribution in [0.5, 0.6) is 11.5 Å². The third-order valence-corrected chi connectivity index (χ3v) is 4.24. The molecule has 0 aliphatic carbocycles. The van der Waals surface area contributed by atoms with Crippen molar-refractivity contribution in [2.24, 2.45) is 0 Å². The molecule has 1 amide bonds. The first-order valence-corrected chi connectivity index (χ1v) is 9.12. The monoisotopic (exact) mass is 380 g/mol. The second kappa shape index (κ2) is 9.08. The van der Waals surface area contributed by atoms with Crippen molar-refractivity contribution in [2.45, 2.75) is 20.3 Å². The fourth-order valence-electron chi connectivity index (χ4n) is 2.74. The minimum Gasteiger partial charge on any atom is -0.497 e. The van der Waals surface area contributed by atoms with E-state index in [1.807, 2.05) is 62.4 Å². The van der Waals surface area contributed by atoms with Crippen LogP contribution in [-0.4, -0.2) is 31.2 Å². The molecule has 0 saturated heterocycles. The Hall–Kier alpha value is -3.28. The quantitative estimate of drug-likeness (QED) is 0.603. The number of nitrogens with zero attached hydrogens (tertiary/aromatic N) is 1. The summed E-state index contributed by atoms with van der Waals surface area (Å²) in [6, 6.07) is 15.2. The third-order valence-electron chi connectivity index (χ3n) is 4.24. The number of hydrogen-bond acceptors (Lipinski definition) is 5. The average Bonchev–Trinajstić information content (AvgIpc) is 3.06. The van der Waals surface area contributed by atoms with Crippen molar-refractivity contribution in [3.63, 3.8) is 0 Å². The predicted molar refractivity (Wildman–Crippen MR) is 107 cm³/mol. The summed E-state index contributed by atoms with van der Waals surface area (Å²) in [5.74, 6) is 2.57. The smallest absolute Gasteiger partial charge is 0.226 e. The number of oxazole rings is 1. The number of nitrogens with one attached hydrogen (secondary N) is 1. The van der Waals surface area contributed by atoms with Crippen molar-refractivity contribution in [1.29, 1.82) is 0 Å². The Labute approximate surface area is 164 Å². The Kier molecular flexibility index (Phi) is 6.32. The summed E-state index contributed by atoms with van der Waals surface area (Å²) in [4.78, 5) is 16.7. The van der Waals surface area contributed by atoms with Gasteiger partial charge in [-0.1, -0.05) is 17.7 Å². The molecule has 146 valence electrons. The Morgan fingerprint density at radius 3 is 2.57 bits per heavy atom. The molecule has 6 nitrogen and oxygen atoms in total. The minimum absolute atomic E-state index is 0.120. The summed E-state index contributed by atoms with van der Waals surface area (Å²) >= 11 is 0. The van der Waals surface area contributed by atoms with Gasteiger partial charge in [0.25, 0.3) is 0 Å². The van der Waals surface area contributed by atoms with Gasteiger partial charge in [0.1, 0.15) is 23.9 Å². The molecule has 0 spiro atoms. The van der Waals surface area contributed by atoms with Crippen molar-refractivity contribution < 1.29 is 18.7 Å². The van der Waals surface area contributed by atoms with Crippen LogP contribution in [0.25, 0.3) is 11.5 Å². The first-order valence-electron chi connectivity index (χ1n) is 9.12. The van der Waals surface area contributed by atoms with Gasteiger partial charge in [0.15, 0.2) is 0 Å². The SMILES string of the molecule is COc1ccc(OCCNC(=O)Cc2nc(-c3cccc(C)c3)oc2C)cc1. The molecular formula is C22H24N2O4. The fourth-order valence-corrected chi connectivity index (χ4v) is 2.74. The van der Waals surface area contributed by atoms with Gasteiger partial charge < -0.3 is 19.2 Å². The molecule has 0 bridgehead atoms. The highest BCUT2D eigenvalue weighted by Crippen LogP contribution is 2.22. The van der Waals surface area contributed by atoms with Gasteiger partial charge in [-0.2, -0.15) is 0 Å². The molecule has 3 aromatic rings. The zero-order valence-corrected chi connectivity index (χ0v) is 16.3. The lowest BCUT2D eigenvalue weighted by Gasteiger charge is -2.08. The molecule has 0 aliphatic rings. The van der Waals surface area contributed by atoms with E-state index in [2.05, 4.69) is 10.3 Å². The van der Waals surface area contributed by atoms with Crippen molar-refractivity contribution >= 4 is 5.91 Å². The predicted octanol–water partition coefficient (Wildman–Crippen LogP) is 3.70. The average molecular weight is 380 g/mol. The maximum Gasteiger partial charge on any atom is 0.226 e. The van der Waals surface area contributed by atoms with E-state index in [1.165, 1.54) is 0 Å². The fraction of sp³-hybridized carbons (Fsp3) is 0.273. The van der Waals surface area contributed by atoms with E-state index in [9.17, 15) is 4.79 Å². The lowest BCUT2D eigenvalue weighted by atomic mass is 10.1. The van der Waals surface area contributed by atoms with Crippen LogP contribution in [0.15, 0.2) is 52.9 Å². The minimum atomic E-state index is -0.120. The van der Waals surface area contributed by atoms with Crippen molar-refractivity contribution in [3.8, 4) is 23.0 Å². The Bertz CT molecular complexity index is 932. The van der Waals surface area contributed by atoms with E-state index in [-0.39, 0.29) is 12.3 Å². The van der Waals surface area contributed by atoms with Crippen molar-refractivity contribution in [2.75, 3.05) is 20.3 Å². The molecule has 0 aliphatic heterocycles. The highest BCUT2D eigenvalue weighted by atomic mass is 16.5. The van der Waals surface area contributed by atoms with Gasteiger partial charge in [-0.05, 0) is 50.2 Å². The van der Waals surface area contributed by atoms with Gasteiger partial charge in [-0.3, -0.25) is 4.79 Å². The van der Waals surface area contributed by atoms with Crippen LogP contribution in [-0.2, 0) is 11.2 Å². The van der Waals surface area contributed by atoms with Crippen LogP contribution in [0.3, 0.4) is 0 Å². The van der Waals surface area contributed by atoms with E-state index < -0.39 is 0 Å². The second-order valence-corrected chi connectivity index (χ2v) is 6.44. The molecule has 1 N–H and O–H groups in total. The summed E-state index contributed by atoms with van der Waals surface area (Å²) in [5, 5.41) is 2.84. The first-order chi connectivity index (χ1) is 13.5. The van der Waals surface area contributed by atoms with E-state index in [0.717, 1.165) is 22.6 Å². The number of aromatic nitrogens is 1. The lowest BCUT2D eigenvalue weighted by Crippen LogP contribution is -2.29. The number of benzene rings is 2. The van der Waals surface area contributed by atoms with Gasteiger partial charge >= 0.3 is 0 Å². The molecule has 1 heterocycles. The van der Waals surface area contributed by atoms with Gasteiger partial charge in [0, 0.05) is 5.56 Å². The van der Waals surface area contributed by atoms with Crippen molar-refractivity contribution in [3.05, 3.63) is 65.5 Å². The maximum absolute atomic E-state index is 12.2. The maximum atomic E-state index is 12.2. The Morgan fingerprint density at radius 2 is 1.86 bits per heavy atom. The van der Waals surface area contributed by atoms with Crippen molar-refractivity contribution in [1.82, 2.24) is 10.3 Å². The summed E-state index contributed by atoms with van der Waals surface area (Å²) in [6.45, 7) is 4.63. The molecule has 3 rings (SSSR count).